The number of piperazine rings is 1. The van der Waals surface area contributed by atoms with Crippen molar-refractivity contribution in [1.29, 1.82) is 0 Å². The van der Waals surface area contributed by atoms with Crippen LogP contribution in [-0.4, -0.2) is 43.7 Å². The second kappa shape index (κ2) is 5.38. The van der Waals surface area contributed by atoms with E-state index in [1.807, 2.05) is 0 Å². The first-order valence-electron chi connectivity index (χ1n) is 8.40. The van der Waals surface area contributed by atoms with Crippen molar-refractivity contribution in [2.24, 2.45) is 0 Å². The van der Waals surface area contributed by atoms with Crippen LogP contribution >= 0.6 is 0 Å². The average molecular weight is 283 g/mol. The van der Waals surface area contributed by atoms with Gasteiger partial charge in [0.1, 0.15) is 0 Å². The van der Waals surface area contributed by atoms with Crippen LogP contribution < -0.4 is 9.80 Å². The van der Waals surface area contributed by atoms with Gasteiger partial charge in [-0.25, -0.2) is 0 Å². The molecule has 3 nitrogen and oxygen atoms in total. The molecule has 2 aliphatic heterocycles. The molecule has 112 valence electrons. The summed E-state index contributed by atoms with van der Waals surface area (Å²) in [5.41, 5.74) is 4.35. The molecule has 2 fully saturated rings. The number of benzene rings is 1. The third-order valence-electron chi connectivity index (χ3n) is 5.08. The molecule has 1 saturated carbocycles. The van der Waals surface area contributed by atoms with Gasteiger partial charge in [0.2, 0.25) is 0 Å². The number of allylic oxidation sites excluding steroid dienone is 1. The molecule has 21 heavy (non-hydrogen) atoms. The van der Waals surface area contributed by atoms with E-state index in [2.05, 4.69) is 52.1 Å². The molecule has 3 aliphatic rings. The Hall–Kier alpha value is -1.48. The molecule has 0 unspecified atom stereocenters. The lowest BCUT2D eigenvalue weighted by Gasteiger charge is -2.36. The highest BCUT2D eigenvalue weighted by Gasteiger charge is 2.30. The highest BCUT2D eigenvalue weighted by Crippen LogP contribution is 2.38. The van der Waals surface area contributed by atoms with Gasteiger partial charge in [-0.2, -0.15) is 0 Å². The standard InChI is InChI=1S/C18H25N3/c1-2-19-10-12-20(13-11-19)17-6-5-15-4-3-9-21(16-7-8-16)18(15)14-17/h3,5-6,9,14,16H,2,4,7-8,10-13H2,1H3. The largest absolute Gasteiger partial charge is 0.369 e. The molecule has 4 rings (SSSR count). The number of fused-ring (bicyclic) bond motifs is 1. The van der Waals surface area contributed by atoms with E-state index in [1.165, 1.54) is 49.4 Å². The Labute approximate surface area is 127 Å². The summed E-state index contributed by atoms with van der Waals surface area (Å²) in [4.78, 5) is 7.59. The van der Waals surface area contributed by atoms with Gasteiger partial charge in [0.05, 0.1) is 0 Å². The normalized spacial score (nSPS) is 22.5. The van der Waals surface area contributed by atoms with Crippen molar-refractivity contribution >= 4 is 11.4 Å². The van der Waals surface area contributed by atoms with Crippen LogP contribution in [0.1, 0.15) is 25.3 Å². The van der Waals surface area contributed by atoms with E-state index in [0.29, 0.717) is 0 Å². The summed E-state index contributed by atoms with van der Waals surface area (Å²) < 4.78 is 0. The van der Waals surface area contributed by atoms with Crippen LogP contribution in [0.5, 0.6) is 0 Å². The van der Waals surface area contributed by atoms with Crippen LogP contribution in [-0.2, 0) is 6.42 Å². The van der Waals surface area contributed by atoms with Crippen molar-refractivity contribution in [2.75, 3.05) is 42.5 Å². The summed E-state index contributed by atoms with van der Waals surface area (Å²) in [6, 6.07) is 7.85. The molecule has 1 aromatic carbocycles. The van der Waals surface area contributed by atoms with Crippen molar-refractivity contribution in [1.82, 2.24) is 4.90 Å². The van der Waals surface area contributed by atoms with Crippen LogP contribution in [0.4, 0.5) is 11.4 Å². The zero-order valence-corrected chi connectivity index (χ0v) is 13.0. The zero-order chi connectivity index (χ0) is 14.2. The van der Waals surface area contributed by atoms with Crippen LogP contribution in [0.15, 0.2) is 30.5 Å². The lowest BCUT2D eigenvalue weighted by Crippen LogP contribution is -2.46. The highest BCUT2D eigenvalue weighted by molar-refractivity contribution is 5.68. The third kappa shape index (κ3) is 2.55. The van der Waals surface area contributed by atoms with Crippen LogP contribution in [0, 0.1) is 0 Å². The first-order chi connectivity index (χ1) is 10.3. The van der Waals surface area contributed by atoms with Gasteiger partial charge in [-0.3, -0.25) is 0 Å². The Bertz CT molecular complexity index is 539. The maximum atomic E-state index is 2.55. The smallest absolute Gasteiger partial charge is 0.0465 e. The molecule has 3 heteroatoms. The molecule has 0 radical (unpaired) electrons. The van der Waals surface area contributed by atoms with Gasteiger partial charge in [-0.05, 0) is 43.5 Å². The molecule has 1 aromatic rings. The third-order valence-corrected chi connectivity index (χ3v) is 5.08. The molecule has 0 bridgehead atoms. The summed E-state index contributed by atoms with van der Waals surface area (Å²) in [6.45, 7) is 8.14. The molecular weight excluding hydrogens is 258 g/mol. The predicted molar refractivity (Wildman–Crippen MR) is 89.1 cm³/mol. The maximum absolute atomic E-state index is 2.55. The number of hydrogen-bond donors (Lipinski definition) is 0. The monoisotopic (exact) mass is 283 g/mol. The number of nitrogens with zero attached hydrogens (tertiary/aromatic N) is 3. The Morgan fingerprint density at radius 1 is 1.10 bits per heavy atom. The molecule has 0 aromatic heterocycles. The predicted octanol–water partition coefficient (Wildman–Crippen LogP) is 2.87. The second-order valence-electron chi connectivity index (χ2n) is 6.46. The summed E-state index contributed by atoms with van der Waals surface area (Å²) in [5.74, 6) is 0. The van der Waals surface area contributed by atoms with Gasteiger partial charge in [0, 0.05) is 49.8 Å². The summed E-state index contributed by atoms with van der Waals surface area (Å²) >= 11 is 0. The number of rotatable bonds is 3. The van der Waals surface area contributed by atoms with Crippen molar-refractivity contribution in [3.8, 4) is 0 Å². The van der Waals surface area contributed by atoms with Crippen molar-refractivity contribution in [3.05, 3.63) is 36.0 Å². The number of anilines is 2. The molecule has 0 atom stereocenters. The fourth-order valence-electron chi connectivity index (χ4n) is 3.53. The first kappa shape index (κ1) is 13.2. The Kier molecular flexibility index (Phi) is 3.38. The fraction of sp³-hybridized carbons (Fsp3) is 0.556. The van der Waals surface area contributed by atoms with E-state index in [0.717, 1.165) is 25.6 Å². The van der Waals surface area contributed by atoms with Gasteiger partial charge in [0.25, 0.3) is 0 Å². The van der Waals surface area contributed by atoms with Gasteiger partial charge in [0.15, 0.2) is 0 Å². The quantitative estimate of drug-likeness (QED) is 0.844. The minimum Gasteiger partial charge on any atom is -0.369 e. The molecule has 0 spiro atoms. The van der Waals surface area contributed by atoms with Crippen molar-refractivity contribution < 1.29 is 0 Å². The van der Waals surface area contributed by atoms with E-state index in [4.69, 9.17) is 0 Å². The highest BCUT2D eigenvalue weighted by atomic mass is 15.3. The Balaban J connectivity index is 1.56. The lowest BCUT2D eigenvalue weighted by atomic mass is 10.0. The van der Waals surface area contributed by atoms with Gasteiger partial charge in [-0.1, -0.05) is 19.1 Å². The number of hydrogen-bond acceptors (Lipinski definition) is 3. The molecular formula is C18H25N3. The van der Waals surface area contributed by atoms with Crippen LogP contribution in [0.25, 0.3) is 0 Å². The van der Waals surface area contributed by atoms with Gasteiger partial charge in [-0.15, -0.1) is 0 Å². The Morgan fingerprint density at radius 3 is 2.62 bits per heavy atom. The van der Waals surface area contributed by atoms with E-state index >= 15 is 0 Å². The lowest BCUT2D eigenvalue weighted by molar-refractivity contribution is 0.271. The van der Waals surface area contributed by atoms with E-state index in [1.54, 1.807) is 0 Å². The minimum atomic E-state index is 0.757. The van der Waals surface area contributed by atoms with Crippen LogP contribution in [0.2, 0.25) is 0 Å². The molecule has 0 N–H and O–H groups in total. The molecule has 1 saturated heterocycles. The first-order valence-corrected chi connectivity index (χ1v) is 8.40. The molecule has 0 amide bonds. The summed E-state index contributed by atoms with van der Waals surface area (Å²) in [7, 11) is 0. The Morgan fingerprint density at radius 2 is 1.90 bits per heavy atom. The average Bonchev–Trinajstić information content (AvgIpc) is 3.39. The zero-order valence-electron chi connectivity index (χ0n) is 13.0. The van der Waals surface area contributed by atoms with Gasteiger partial charge >= 0.3 is 0 Å². The second-order valence-corrected chi connectivity index (χ2v) is 6.46. The summed E-state index contributed by atoms with van der Waals surface area (Å²) in [6.07, 6.45) is 8.40. The topological polar surface area (TPSA) is 9.72 Å². The SMILES string of the molecule is CCN1CCN(c2ccc3c(c2)N(C2CC2)C=CC3)CC1. The van der Waals surface area contributed by atoms with E-state index < -0.39 is 0 Å². The van der Waals surface area contributed by atoms with Crippen molar-refractivity contribution in [3.63, 3.8) is 0 Å². The molecule has 2 heterocycles. The molecule has 1 aliphatic carbocycles. The summed E-state index contributed by atoms with van der Waals surface area (Å²) in [5, 5.41) is 0. The van der Waals surface area contributed by atoms with E-state index in [9.17, 15) is 0 Å². The maximum Gasteiger partial charge on any atom is 0.0465 e. The van der Waals surface area contributed by atoms with Crippen molar-refractivity contribution in [2.45, 2.75) is 32.2 Å². The van der Waals surface area contributed by atoms with E-state index in [-0.39, 0.29) is 0 Å². The number of likely N-dealkylation sites (N-methyl/N-ethyl adjacent to an activating group) is 1. The minimum absolute atomic E-state index is 0.757. The van der Waals surface area contributed by atoms with Gasteiger partial charge < -0.3 is 14.7 Å². The fourth-order valence-corrected chi connectivity index (χ4v) is 3.53. The van der Waals surface area contributed by atoms with Crippen LogP contribution in [0.3, 0.4) is 0 Å².